The van der Waals surface area contributed by atoms with Gasteiger partial charge in [0.2, 0.25) is 5.91 Å². The van der Waals surface area contributed by atoms with Crippen LogP contribution in [0.2, 0.25) is 0 Å². The van der Waals surface area contributed by atoms with Gasteiger partial charge in [0, 0.05) is 18.7 Å². The lowest BCUT2D eigenvalue weighted by Crippen LogP contribution is -2.37. The quantitative estimate of drug-likeness (QED) is 0.856. The van der Waals surface area contributed by atoms with Gasteiger partial charge in [-0.3, -0.25) is 4.79 Å². The smallest absolute Gasteiger partial charge is 0.230 e. The van der Waals surface area contributed by atoms with E-state index in [1.54, 1.807) is 0 Å². The van der Waals surface area contributed by atoms with Gasteiger partial charge < -0.3 is 9.88 Å². The van der Waals surface area contributed by atoms with E-state index in [1.165, 1.54) is 31.0 Å². The van der Waals surface area contributed by atoms with Gasteiger partial charge in [0.05, 0.1) is 5.75 Å². The van der Waals surface area contributed by atoms with Crippen LogP contribution in [0.25, 0.3) is 11.4 Å². The Morgan fingerprint density at radius 1 is 1.22 bits per heavy atom. The highest BCUT2D eigenvalue weighted by Gasteiger charge is 2.17. The van der Waals surface area contributed by atoms with Crippen LogP contribution in [0, 0.1) is 0 Å². The maximum atomic E-state index is 12.1. The molecule has 2 aromatic rings. The Bertz CT molecular complexity index is 650. The Balaban J connectivity index is 1.56. The molecule has 0 radical (unpaired) electrons. The Morgan fingerprint density at radius 2 is 1.96 bits per heavy atom. The molecule has 0 aliphatic heterocycles. The minimum absolute atomic E-state index is 0.0890. The van der Waals surface area contributed by atoms with Crippen molar-refractivity contribution in [2.45, 2.75) is 43.3 Å². The number of thioether (sulfide) groups is 1. The molecule has 0 atom stereocenters. The van der Waals surface area contributed by atoms with Crippen molar-refractivity contribution < 1.29 is 4.79 Å². The predicted octanol–water partition coefficient (Wildman–Crippen LogP) is 3.02. The molecule has 0 spiro atoms. The number of nitrogens with zero attached hydrogens (tertiary/aromatic N) is 3. The summed E-state index contributed by atoms with van der Waals surface area (Å²) in [7, 11) is 1.93. The Kier molecular flexibility index (Phi) is 5.33. The summed E-state index contributed by atoms with van der Waals surface area (Å²) in [5.41, 5.74) is 1.03. The summed E-state index contributed by atoms with van der Waals surface area (Å²) >= 11 is 1.44. The molecule has 1 saturated carbocycles. The maximum Gasteiger partial charge on any atom is 0.230 e. The van der Waals surface area contributed by atoms with Crippen molar-refractivity contribution in [3.63, 3.8) is 0 Å². The van der Waals surface area contributed by atoms with E-state index >= 15 is 0 Å². The molecule has 0 bridgehead atoms. The van der Waals surface area contributed by atoms with Crippen LogP contribution in [-0.4, -0.2) is 32.5 Å². The van der Waals surface area contributed by atoms with Crippen LogP contribution in [0.15, 0.2) is 35.5 Å². The largest absolute Gasteiger partial charge is 0.353 e. The van der Waals surface area contributed by atoms with Crippen molar-refractivity contribution in [2.75, 3.05) is 5.75 Å². The van der Waals surface area contributed by atoms with Crippen LogP contribution in [0.4, 0.5) is 0 Å². The molecule has 1 aliphatic rings. The van der Waals surface area contributed by atoms with E-state index in [0.717, 1.165) is 29.4 Å². The van der Waals surface area contributed by atoms with Crippen LogP contribution in [0.3, 0.4) is 0 Å². The maximum absolute atomic E-state index is 12.1. The van der Waals surface area contributed by atoms with Gasteiger partial charge in [-0.2, -0.15) is 0 Å². The molecule has 122 valence electrons. The normalized spacial score (nSPS) is 15.5. The third-order valence-electron chi connectivity index (χ3n) is 4.17. The molecule has 0 unspecified atom stereocenters. The summed E-state index contributed by atoms with van der Waals surface area (Å²) in [6.07, 6.45) is 5.96. The highest BCUT2D eigenvalue weighted by molar-refractivity contribution is 7.99. The van der Waals surface area contributed by atoms with E-state index in [0.29, 0.717) is 11.8 Å². The van der Waals surface area contributed by atoms with E-state index in [-0.39, 0.29) is 5.91 Å². The molecule has 0 saturated heterocycles. The number of carbonyl (C=O) groups is 1. The molecule has 1 aromatic heterocycles. The standard InChI is InChI=1S/C17H22N4OS/c1-21-16(13-8-4-2-5-9-13)19-20-17(21)23-12-15(22)18-14-10-6-3-7-11-14/h2,4-5,8-9,14H,3,6-7,10-12H2,1H3,(H,18,22). The minimum Gasteiger partial charge on any atom is -0.353 e. The van der Waals surface area contributed by atoms with Gasteiger partial charge in [-0.15, -0.1) is 10.2 Å². The van der Waals surface area contributed by atoms with Crippen LogP contribution < -0.4 is 5.32 Å². The fraction of sp³-hybridized carbons (Fsp3) is 0.471. The van der Waals surface area contributed by atoms with E-state index in [1.807, 2.05) is 41.9 Å². The highest BCUT2D eigenvalue weighted by atomic mass is 32.2. The third kappa shape index (κ3) is 4.13. The second-order valence-electron chi connectivity index (χ2n) is 5.92. The van der Waals surface area contributed by atoms with Gasteiger partial charge in [0.1, 0.15) is 0 Å². The number of hydrogen-bond acceptors (Lipinski definition) is 4. The zero-order chi connectivity index (χ0) is 16.1. The number of rotatable bonds is 5. The van der Waals surface area contributed by atoms with Crippen molar-refractivity contribution in [2.24, 2.45) is 7.05 Å². The molecule has 1 aliphatic carbocycles. The molecule has 1 N–H and O–H groups in total. The first-order valence-corrected chi connectivity index (χ1v) is 9.09. The van der Waals surface area contributed by atoms with Gasteiger partial charge in [-0.05, 0) is 12.8 Å². The zero-order valence-electron chi connectivity index (χ0n) is 13.4. The minimum atomic E-state index is 0.0890. The van der Waals surface area contributed by atoms with E-state index < -0.39 is 0 Å². The molecule has 23 heavy (non-hydrogen) atoms. The zero-order valence-corrected chi connectivity index (χ0v) is 14.2. The fourth-order valence-corrected chi connectivity index (χ4v) is 3.65. The van der Waals surface area contributed by atoms with Gasteiger partial charge >= 0.3 is 0 Å². The Morgan fingerprint density at radius 3 is 2.70 bits per heavy atom. The number of benzene rings is 1. The summed E-state index contributed by atoms with van der Waals surface area (Å²) in [4.78, 5) is 12.1. The lowest BCUT2D eigenvalue weighted by atomic mass is 9.95. The summed E-state index contributed by atoms with van der Waals surface area (Å²) in [5.74, 6) is 1.30. The lowest BCUT2D eigenvalue weighted by molar-refractivity contribution is -0.119. The van der Waals surface area contributed by atoms with Crippen molar-refractivity contribution in [3.05, 3.63) is 30.3 Å². The SMILES string of the molecule is Cn1c(SCC(=O)NC2CCCCC2)nnc1-c1ccccc1. The summed E-state index contributed by atoms with van der Waals surface area (Å²) in [6, 6.07) is 10.3. The van der Waals surface area contributed by atoms with Crippen molar-refractivity contribution in [1.29, 1.82) is 0 Å². The molecule has 1 aromatic carbocycles. The second-order valence-corrected chi connectivity index (χ2v) is 6.86. The molecule has 1 fully saturated rings. The molecule has 6 heteroatoms. The van der Waals surface area contributed by atoms with Crippen LogP contribution >= 0.6 is 11.8 Å². The first-order valence-electron chi connectivity index (χ1n) is 8.11. The lowest BCUT2D eigenvalue weighted by Gasteiger charge is -2.22. The van der Waals surface area contributed by atoms with Crippen LogP contribution in [-0.2, 0) is 11.8 Å². The number of amides is 1. The molecule has 1 heterocycles. The molecule has 1 amide bonds. The van der Waals surface area contributed by atoms with E-state index in [9.17, 15) is 4.79 Å². The summed E-state index contributed by atoms with van der Waals surface area (Å²) in [5, 5.41) is 12.3. The topological polar surface area (TPSA) is 59.8 Å². The second kappa shape index (κ2) is 7.64. The van der Waals surface area contributed by atoms with E-state index in [2.05, 4.69) is 15.5 Å². The van der Waals surface area contributed by atoms with Crippen molar-refractivity contribution in [1.82, 2.24) is 20.1 Å². The van der Waals surface area contributed by atoms with Gasteiger partial charge in [-0.25, -0.2) is 0 Å². The highest BCUT2D eigenvalue weighted by Crippen LogP contribution is 2.22. The number of carbonyl (C=O) groups excluding carboxylic acids is 1. The van der Waals surface area contributed by atoms with Crippen molar-refractivity contribution in [3.8, 4) is 11.4 Å². The number of nitrogens with one attached hydrogen (secondary N) is 1. The first kappa shape index (κ1) is 16.1. The average Bonchev–Trinajstić information content (AvgIpc) is 2.95. The number of aromatic nitrogens is 3. The molecular weight excluding hydrogens is 308 g/mol. The molecular formula is C17H22N4OS. The average molecular weight is 330 g/mol. The van der Waals surface area contributed by atoms with Crippen LogP contribution in [0.1, 0.15) is 32.1 Å². The summed E-state index contributed by atoms with van der Waals surface area (Å²) in [6.45, 7) is 0. The van der Waals surface area contributed by atoms with Crippen molar-refractivity contribution >= 4 is 17.7 Å². The van der Waals surface area contributed by atoms with Crippen LogP contribution in [0.5, 0.6) is 0 Å². The number of hydrogen-bond donors (Lipinski definition) is 1. The van der Waals surface area contributed by atoms with Gasteiger partial charge in [-0.1, -0.05) is 61.4 Å². The molecule has 5 nitrogen and oxygen atoms in total. The van der Waals surface area contributed by atoms with Gasteiger partial charge in [0.25, 0.3) is 0 Å². The summed E-state index contributed by atoms with van der Waals surface area (Å²) < 4.78 is 1.94. The Labute approximate surface area is 140 Å². The van der Waals surface area contributed by atoms with E-state index in [4.69, 9.17) is 0 Å². The Hall–Kier alpha value is -1.82. The fourth-order valence-electron chi connectivity index (χ4n) is 2.93. The third-order valence-corrected chi connectivity index (χ3v) is 5.19. The first-order chi connectivity index (χ1) is 11.2. The monoisotopic (exact) mass is 330 g/mol. The molecule has 3 rings (SSSR count). The predicted molar refractivity (Wildman–Crippen MR) is 92.2 cm³/mol. The van der Waals surface area contributed by atoms with Gasteiger partial charge in [0.15, 0.2) is 11.0 Å².